The van der Waals surface area contributed by atoms with Crippen LogP contribution in [0.2, 0.25) is 12.1 Å². The number of rotatable bonds is 14. The van der Waals surface area contributed by atoms with Crippen LogP contribution in [-0.2, 0) is 0 Å². The van der Waals surface area contributed by atoms with Gasteiger partial charge in [-0.15, -0.1) is 11.8 Å². The van der Waals surface area contributed by atoms with Crippen molar-refractivity contribution in [2.45, 2.75) is 48.5 Å². The molecule has 0 aliphatic carbocycles. The summed E-state index contributed by atoms with van der Waals surface area (Å²) in [4.78, 5) is 0. The minimum Gasteiger partial charge on any atom is -0.182 e. The Kier molecular flexibility index (Phi) is 17.2. The summed E-state index contributed by atoms with van der Waals surface area (Å²) in [5.74, 6) is 0. The van der Waals surface area contributed by atoms with Crippen LogP contribution in [0.1, 0.15) is 25.7 Å². The molecule has 9 heteroatoms. The Bertz CT molecular complexity index is 212. The lowest BCUT2D eigenvalue weighted by Crippen LogP contribution is -2.28. The van der Waals surface area contributed by atoms with Gasteiger partial charge in [-0.2, -0.15) is 7.42 Å². The van der Waals surface area contributed by atoms with Gasteiger partial charge in [0.2, 0.25) is 0 Å². The van der Waals surface area contributed by atoms with E-state index >= 15 is 0 Å². The molecule has 0 saturated carbocycles. The molecule has 0 aromatic carbocycles. The number of nitrogens with zero attached hydrogens (tertiary/aromatic N) is 2. The molecule has 128 valence electrons. The van der Waals surface area contributed by atoms with Crippen LogP contribution in [0.5, 0.6) is 0 Å². The summed E-state index contributed by atoms with van der Waals surface area (Å²) >= 11 is 9.71. The van der Waals surface area contributed by atoms with Gasteiger partial charge in [-0.05, 0) is 37.9 Å². The predicted octanol–water partition coefficient (Wildman–Crippen LogP) is 3.22. The molecule has 0 heterocycles. The normalized spacial score (nSPS) is 15.1. The molecule has 0 aliphatic rings. The third kappa shape index (κ3) is 9.86. The first-order valence-electron chi connectivity index (χ1n) is 7.58. The molecule has 2 atom stereocenters. The predicted molar refractivity (Wildman–Crippen MR) is 121 cm³/mol. The Balaban J connectivity index is 4.80. The lowest BCUT2D eigenvalue weighted by atomic mass is 10.3. The van der Waals surface area contributed by atoms with Gasteiger partial charge < -0.3 is 0 Å². The van der Waals surface area contributed by atoms with Gasteiger partial charge in [-0.3, -0.25) is 0 Å². The average molecular weight is 421 g/mol. The van der Waals surface area contributed by atoms with Gasteiger partial charge in [0, 0.05) is 20.5 Å². The Morgan fingerprint density at radius 3 is 1.29 bits per heavy atom. The van der Waals surface area contributed by atoms with Crippen LogP contribution in [0.25, 0.3) is 0 Å². The van der Waals surface area contributed by atoms with Gasteiger partial charge in [-0.25, -0.2) is 0 Å². The van der Waals surface area contributed by atoms with Crippen LogP contribution in [0.4, 0.5) is 0 Å². The maximum absolute atomic E-state index is 2.49. The van der Waals surface area contributed by atoms with Crippen molar-refractivity contribution in [2.24, 2.45) is 0 Å². The van der Waals surface area contributed by atoms with E-state index in [4.69, 9.17) is 0 Å². The van der Waals surface area contributed by atoms with Crippen molar-refractivity contribution in [1.82, 2.24) is 7.42 Å². The highest BCUT2D eigenvalue weighted by molar-refractivity contribution is 8.14. The van der Waals surface area contributed by atoms with E-state index < -0.39 is 0 Å². The monoisotopic (exact) mass is 420 g/mol. The summed E-state index contributed by atoms with van der Waals surface area (Å²) in [6.07, 6.45) is 14.2. The molecule has 2 nitrogen and oxygen atoms in total. The zero-order valence-electron chi connectivity index (χ0n) is 14.3. The quantitative estimate of drug-likeness (QED) is 0.239. The van der Waals surface area contributed by atoms with Gasteiger partial charge in [0.1, 0.15) is 0 Å². The van der Waals surface area contributed by atoms with Crippen LogP contribution >= 0.6 is 59.6 Å². The lowest BCUT2D eigenvalue weighted by molar-refractivity contribution is 0.578. The smallest absolute Gasteiger partial charge is 0.0783 e. The lowest BCUT2D eigenvalue weighted by Gasteiger charge is -2.34. The Morgan fingerprint density at radius 1 is 0.714 bits per heavy atom. The summed E-state index contributed by atoms with van der Waals surface area (Å²) in [5, 5.41) is 1.26. The number of hydrogen-bond donors (Lipinski definition) is 0. The third-order valence-corrected chi connectivity index (χ3v) is 10.8. The number of hydrogen-bond acceptors (Lipinski definition) is 7. The second kappa shape index (κ2) is 15.6. The first-order chi connectivity index (χ1) is 10.2. The zero-order chi connectivity index (χ0) is 16.1. The van der Waals surface area contributed by atoms with E-state index in [0.717, 1.165) is 0 Å². The highest BCUT2D eigenvalue weighted by Crippen LogP contribution is 2.39. The van der Waals surface area contributed by atoms with Crippen molar-refractivity contribution in [1.29, 1.82) is 0 Å². The van der Waals surface area contributed by atoms with E-state index in [0.29, 0.717) is 10.7 Å². The van der Waals surface area contributed by atoms with E-state index in [1.165, 1.54) is 58.3 Å². The minimum absolute atomic E-state index is 0.629. The standard InChI is InChI=1S/C12H32N2S5Si2/c1-15-13(16-2)11(7-5-9-20)19-12(8-6-10-21)14(17-3)18-4/h11-12H,5-10H2,1-4,20-21H3. The highest BCUT2D eigenvalue weighted by Gasteiger charge is 2.26. The van der Waals surface area contributed by atoms with E-state index in [2.05, 4.69) is 44.2 Å². The second-order valence-electron chi connectivity index (χ2n) is 4.63. The van der Waals surface area contributed by atoms with Crippen LogP contribution in [-0.4, -0.2) is 63.7 Å². The first-order valence-corrected chi connectivity index (χ1v) is 16.1. The van der Waals surface area contributed by atoms with Gasteiger partial charge in [-0.1, -0.05) is 72.7 Å². The van der Waals surface area contributed by atoms with Gasteiger partial charge in [0.15, 0.2) is 0 Å². The summed E-state index contributed by atoms with van der Waals surface area (Å²) in [7, 11) is 2.67. The largest absolute Gasteiger partial charge is 0.182 e. The topological polar surface area (TPSA) is 6.48 Å². The van der Waals surface area contributed by atoms with Crippen molar-refractivity contribution >= 4 is 80.0 Å². The molecule has 2 unspecified atom stereocenters. The molecule has 0 amide bonds. The molecule has 0 N–H and O–H groups in total. The molecule has 0 radical (unpaired) electrons. The molecule has 0 aromatic heterocycles. The van der Waals surface area contributed by atoms with Crippen LogP contribution in [0, 0.1) is 0 Å². The van der Waals surface area contributed by atoms with E-state index in [-0.39, 0.29) is 0 Å². The second-order valence-corrected chi connectivity index (χ2v) is 11.5. The zero-order valence-corrected chi connectivity index (χ0v) is 22.4. The Hall–Kier alpha value is 2.10. The van der Waals surface area contributed by atoms with Crippen molar-refractivity contribution < 1.29 is 0 Å². The van der Waals surface area contributed by atoms with Gasteiger partial charge >= 0.3 is 0 Å². The molecule has 0 fully saturated rings. The van der Waals surface area contributed by atoms with Crippen molar-refractivity contribution in [3.63, 3.8) is 0 Å². The number of thioether (sulfide) groups is 1. The van der Waals surface area contributed by atoms with Gasteiger partial charge in [0.05, 0.1) is 10.7 Å². The van der Waals surface area contributed by atoms with Crippen LogP contribution in [0.15, 0.2) is 0 Å². The van der Waals surface area contributed by atoms with E-state index in [1.807, 2.05) is 47.8 Å². The highest BCUT2D eigenvalue weighted by atomic mass is 32.2. The minimum atomic E-state index is 0.629. The first kappa shape index (κ1) is 23.1. The molecule has 0 spiro atoms. The van der Waals surface area contributed by atoms with Crippen molar-refractivity contribution in [3.05, 3.63) is 0 Å². The van der Waals surface area contributed by atoms with E-state index in [1.54, 1.807) is 0 Å². The third-order valence-electron chi connectivity index (χ3n) is 3.11. The summed E-state index contributed by atoms with van der Waals surface area (Å²) in [6, 6.07) is 2.85. The van der Waals surface area contributed by atoms with Crippen molar-refractivity contribution in [2.75, 3.05) is 25.0 Å². The average Bonchev–Trinajstić information content (AvgIpc) is 2.51. The summed E-state index contributed by atoms with van der Waals surface area (Å²) < 4.78 is 4.99. The fourth-order valence-electron chi connectivity index (χ4n) is 2.00. The Morgan fingerprint density at radius 2 is 1.05 bits per heavy atom. The molecular weight excluding hydrogens is 389 g/mol. The molecule has 0 rings (SSSR count). The van der Waals surface area contributed by atoms with Crippen LogP contribution in [0.3, 0.4) is 0 Å². The maximum atomic E-state index is 2.49. The fourth-order valence-corrected chi connectivity index (χ4v) is 8.17. The molecule has 0 aliphatic heterocycles. The SMILES string of the molecule is CSN(SC)C(CCC[SiH3])SC(CCC[SiH3])N(SC)SC. The fraction of sp³-hybridized carbons (Fsp3) is 1.00. The molecule has 21 heavy (non-hydrogen) atoms. The van der Waals surface area contributed by atoms with Gasteiger partial charge in [0.25, 0.3) is 0 Å². The summed E-state index contributed by atoms with van der Waals surface area (Å²) in [5.41, 5.74) is 0. The molecule has 0 bridgehead atoms. The van der Waals surface area contributed by atoms with Crippen molar-refractivity contribution in [3.8, 4) is 0 Å². The Labute approximate surface area is 160 Å². The summed E-state index contributed by atoms with van der Waals surface area (Å²) in [6.45, 7) is 0. The molecular formula is C12H32N2S5Si2. The maximum Gasteiger partial charge on any atom is 0.0783 e. The van der Waals surface area contributed by atoms with Crippen LogP contribution < -0.4 is 0 Å². The molecule has 0 aromatic rings. The van der Waals surface area contributed by atoms with E-state index in [9.17, 15) is 0 Å². The molecule has 0 saturated heterocycles.